The van der Waals surface area contributed by atoms with Crippen LogP contribution in [-0.4, -0.2) is 4.57 Å². The molecule has 2 heteroatoms. The minimum absolute atomic E-state index is 1.10. The van der Waals surface area contributed by atoms with E-state index >= 15 is 0 Å². The van der Waals surface area contributed by atoms with E-state index in [2.05, 4.69) is 241 Å². The Morgan fingerprint density at radius 3 is 1.27 bits per heavy atom. The van der Waals surface area contributed by atoms with Gasteiger partial charge >= 0.3 is 0 Å². The second kappa shape index (κ2) is 14.4. The summed E-state index contributed by atoms with van der Waals surface area (Å²) in [6.45, 7) is 2.17. The highest BCUT2D eigenvalue weighted by Gasteiger charge is 2.19. The summed E-state index contributed by atoms with van der Waals surface area (Å²) in [5.41, 5.74) is 15.5. The van der Waals surface area contributed by atoms with Crippen molar-refractivity contribution in [2.45, 2.75) is 6.92 Å². The molecule has 10 aromatic carbocycles. The Balaban J connectivity index is 0.991. The number of hydrogen-bond acceptors (Lipinski definition) is 1. The van der Waals surface area contributed by atoms with Gasteiger partial charge in [0.1, 0.15) is 0 Å². The van der Waals surface area contributed by atoms with Crippen molar-refractivity contribution in [2.24, 2.45) is 0 Å². The Labute approximate surface area is 344 Å². The molecule has 278 valence electrons. The van der Waals surface area contributed by atoms with E-state index < -0.39 is 0 Å². The lowest BCUT2D eigenvalue weighted by atomic mass is 9.86. The fourth-order valence-electron chi connectivity index (χ4n) is 9.13. The van der Waals surface area contributed by atoms with Gasteiger partial charge in [0.2, 0.25) is 0 Å². The van der Waals surface area contributed by atoms with E-state index in [-0.39, 0.29) is 0 Å². The molecule has 0 atom stereocenters. The van der Waals surface area contributed by atoms with Crippen LogP contribution in [0, 0.1) is 6.92 Å². The smallest absolute Gasteiger partial charge is 0.0541 e. The highest BCUT2D eigenvalue weighted by molar-refractivity contribution is 6.21. The highest BCUT2D eigenvalue weighted by atomic mass is 15.1. The van der Waals surface area contributed by atoms with E-state index in [0.717, 1.165) is 17.1 Å². The molecule has 11 aromatic rings. The number of para-hydroxylation sites is 2. The second-order valence-corrected chi connectivity index (χ2v) is 15.4. The molecule has 59 heavy (non-hydrogen) atoms. The monoisotopic (exact) mass is 752 g/mol. The molecule has 0 aliphatic rings. The average molecular weight is 753 g/mol. The molecule has 11 rings (SSSR count). The van der Waals surface area contributed by atoms with Crippen molar-refractivity contribution in [3.05, 3.63) is 230 Å². The largest absolute Gasteiger partial charge is 0.311 e. The van der Waals surface area contributed by atoms with Gasteiger partial charge in [0.25, 0.3) is 0 Å². The van der Waals surface area contributed by atoms with Crippen molar-refractivity contribution in [1.82, 2.24) is 4.57 Å². The van der Waals surface area contributed by atoms with Crippen molar-refractivity contribution < 1.29 is 0 Å². The quantitative estimate of drug-likeness (QED) is 0.147. The fraction of sp³-hybridized carbons (Fsp3) is 0.0175. The number of nitrogens with zero attached hydrogens (tertiary/aromatic N) is 2. The van der Waals surface area contributed by atoms with Crippen molar-refractivity contribution >= 4 is 60.4 Å². The van der Waals surface area contributed by atoms with Crippen LogP contribution in [0.5, 0.6) is 0 Å². The first-order valence-corrected chi connectivity index (χ1v) is 20.3. The molecule has 1 aromatic heterocycles. The van der Waals surface area contributed by atoms with Crippen LogP contribution in [0.1, 0.15) is 5.56 Å². The summed E-state index contributed by atoms with van der Waals surface area (Å²) in [4.78, 5) is 2.35. The van der Waals surface area contributed by atoms with Gasteiger partial charge in [0.05, 0.1) is 11.0 Å². The summed E-state index contributed by atoms with van der Waals surface area (Å²) in [5.74, 6) is 0. The van der Waals surface area contributed by atoms with Gasteiger partial charge < -0.3 is 9.47 Å². The van der Waals surface area contributed by atoms with E-state index in [1.54, 1.807) is 0 Å². The third kappa shape index (κ3) is 5.97. The zero-order chi connectivity index (χ0) is 39.3. The molecule has 2 nitrogen and oxygen atoms in total. The minimum Gasteiger partial charge on any atom is -0.311 e. The number of aromatic nitrogens is 1. The Kier molecular flexibility index (Phi) is 8.41. The molecule has 0 radical (unpaired) electrons. The van der Waals surface area contributed by atoms with Crippen molar-refractivity contribution in [2.75, 3.05) is 4.90 Å². The van der Waals surface area contributed by atoms with E-state index in [1.165, 1.54) is 88.0 Å². The predicted molar refractivity (Wildman–Crippen MR) is 252 cm³/mol. The lowest BCUT2D eigenvalue weighted by Gasteiger charge is -2.26. The molecule has 1 heterocycles. The first-order chi connectivity index (χ1) is 29.2. The van der Waals surface area contributed by atoms with E-state index in [1.807, 2.05) is 0 Å². The Morgan fingerprint density at radius 1 is 0.305 bits per heavy atom. The summed E-state index contributed by atoms with van der Waals surface area (Å²) in [5, 5.41) is 7.57. The van der Waals surface area contributed by atoms with Crippen LogP contribution >= 0.6 is 0 Å². The third-order valence-electron chi connectivity index (χ3n) is 11.8. The van der Waals surface area contributed by atoms with Gasteiger partial charge in [0, 0.05) is 33.5 Å². The van der Waals surface area contributed by atoms with Crippen molar-refractivity contribution in [1.29, 1.82) is 0 Å². The van der Waals surface area contributed by atoms with Gasteiger partial charge in [-0.1, -0.05) is 157 Å². The van der Waals surface area contributed by atoms with Crippen LogP contribution in [-0.2, 0) is 0 Å². The number of anilines is 3. The first-order valence-electron chi connectivity index (χ1n) is 20.3. The minimum atomic E-state index is 1.10. The molecule has 0 saturated carbocycles. The number of benzene rings is 10. The summed E-state index contributed by atoms with van der Waals surface area (Å²) >= 11 is 0. The zero-order valence-corrected chi connectivity index (χ0v) is 32.8. The maximum atomic E-state index is 2.38. The lowest BCUT2D eigenvalue weighted by Crippen LogP contribution is -2.09. The molecule has 0 aliphatic carbocycles. The van der Waals surface area contributed by atoms with Gasteiger partial charge in [-0.15, -0.1) is 0 Å². The summed E-state index contributed by atoms with van der Waals surface area (Å²) in [6, 6.07) is 81.6. The first kappa shape index (κ1) is 34.6. The summed E-state index contributed by atoms with van der Waals surface area (Å²) in [6.07, 6.45) is 0. The Hall–Kier alpha value is -7.68. The van der Waals surface area contributed by atoms with E-state index in [9.17, 15) is 0 Å². The standard InChI is InChI=1S/C57H40N2/c1-39-25-35-54-52(37-39)53-38-43(30-36-55(53)59(54)45-19-9-4-10-20-45)40-26-31-46(32-27-40)58(44-17-7-3-8-18-44)47-33-28-42(29-34-47)57-50-23-13-11-21-48(50)56(41-15-5-2-6-16-41)49-22-12-14-24-51(49)57/h2-38H,1H3. The molecule has 0 fully saturated rings. The van der Waals surface area contributed by atoms with Gasteiger partial charge in [-0.3, -0.25) is 0 Å². The SMILES string of the molecule is Cc1ccc2c(c1)c1cc(-c3ccc(N(c4ccccc4)c4ccc(-c5c6ccccc6c(-c6ccccc6)c6ccccc56)cc4)cc3)ccc1n2-c1ccccc1. The summed E-state index contributed by atoms with van der Waals surface area (Å²) < 4.78 is 2.38. The Morgan fingerprint density at radius 2 is 0.712 bits per heavy atom. The maximum Gasteiger partial charge on any atom is 0.0541 e. The molecule has 0 N–H and O–H groups in total. The fourth-order valence-corrected chi connectivity index (χ4v) is 9.13. The molecule has 0 bridgehead atoms. The van der Waals surface area contributed by atoms with Crippen molar-refractivity contribution in [3.63, 3.8) is 0 Å². The normalized spacial score (nSPS) is 11.5. The molecule has 0 spiro atoms. The number of aryl methyl sites for hydroxylation is 1. The number of fused-ring (bicyclic) bond motifs is 5. The molecular formula is C57H40N2. The molecule has 0 aliphatic heterocycles. The highest BCUT2D eigenvalue weighted by Crippen LogP contribution is 2.45. The van der Waals surface area contributed by atoms with Crippen LogP contribution in [0.4, 0.5) is 17.1 Å². The van der Waals surface area contributed by atoms with Crippen molar-refractivity contribution in [3.8, 4) is 39.1 Å². The van der Waals surface area contributed by atoms with Gasteiger partial charge in [0.15, 0.2) is 0 Å². The summed E-state index contributed by atoms with van der Waals surface area (Å²) in [7, 11) is 0. The zero-order valence-electron chi connectivity index (χ0n) is 32.8. The van der Waals surface area contributed by atoms with Gasteiger partial charge in [-0.2, -0.15) is 0 Å². The van der Waals surface area contributed by atoms with E-state index in [0.29, 0.717) is 0 Å². The van der Waals surface area contributed by atoms with Crippen LogP contribution in [0.2, 0.25) is 0 Å². The third-order valence-corrected chi connectivity index (χ3v) is 11.8. The van der Waals surface area contributed by atoms with Crippen LogP contribution in [0.3, 0.4) is 0 Å². The molecule has 0 saturated heterocycles. The van der Waals surface area contributed by atoms with Gasteiger partial charge in [-0.25, -0.2) is 0 Å². The average Bonchev–Trinajstić information content (AvgIpc) is 3.62. The topological polar surface area (TPSA) is 8.17 Å². The maximum absolute atomic E-state index is 2.38. The molecule has 0 amide bonds. The van der Waals surface area contributed by atoms with Crippen LogP contribution in [0.15, 0.2) is 224 Å². The molecular weight excluding hydrogens is 713 g/mol. The van der Waals surface area contributed by atoms with Gasteiger partial charge in [-0.05, 0) is 135 Å². The Bertz CT molecular complexity index is 3230. The van der Waals surface area contributed by atoms with Crippen LogP contribution in [0.25, 0.3) is 82.4 Å². The predicted octanol–water partition coefficient (Wildman–Crippen LogP) is 15.9. The van der Waals surface area contributed by atoms with E-state index in [4.69, 9.17) is 0 Å². The molecule has 0 unspecified atom stereocenters. The van der Waals surface area contributed by atoms with Crippen LogP contribution < -0.4 is 4.90 Å². The second-order valence-electron chi connectivity index (χ2n) is 15.4. The number of rotatable bonds is 7. The lowest BCUT2D eigenvalue weighted by molar-refractivity contribution is 1.18. The number of hydrogen-bond donors (Lipinski definition) is 0.